The second kappa shape index (κ2) is 6.70. The molecule has 20 heavy (non-hydrogen) atoms. The molecule has 1 atom stereocenters. The number of rotatable bonds is 6. The first-order valence-electron chi connectivity index (χ1n) is 6.22. The first kappa shape index (κ1) is 15.7. The maximum Gasteiger partial charge on any atom is 0.303 e. The molecule has 0 aliphatic heterocycles. The van der Waals surface area contributed by atoms with Crippen molar-refractivity contribution in [2.45, 2.75) is 26.7 Å². The number of carboxylic acids is 1. The molecule has 2 amide bonds. The van der Waals surface area contributed by atoms with E-state index in [-0.39, 0.29) is 24.7 Å². The highest BCUT2D eigenvalue weighted by molar-refractivity contribution is 5.98. The van der Waals surface area contributed by atoms with Gasteiger partial charge in [-0.1, -0.05) is 13.0 Å². The Morgan fingerprint density at radius 3 is 2.50 bits per heavy atom. The Labute approximate surface area is 117 Å². The van der Waals surface area contributed by atoms with Gasteiger partial charge in [-0.15, -0.1) is 0 Å². The van der Waals surface area contributed by atoms with E-state index < -0.39 is 11.9 Å². The van der Waals surface area contributed by atoms with E-state index in [1.165, 1.54) is 0 Å². The van der Waals surface area contributed by atoms with Crippen molar-refractivity contribution >= 4 is 23.5 Å². The quantitative estimate of drug-likeness (QED) is 0.733. The number of aliphatic carboxylic acids is 1. The highest BCUT2D eigenvalue weighted by Crippen LogP contribution is 2.19. The molecule has 0 fully saturated rings. The van der Waals surface area contributed by atoms with E-state index in [9.17, 15) is 14.4 Å². The maximum atomic E-state index is 11.8. The van der Waals surface area contributed by atoms with Gasteiger partial charge in [-0.25, -0.2) is 0 Å². The average molecular weight is 278 g/mol. The summed E-state index contributed by atoms with van der Waals surface area (Å²) in [6.07, 6.45) is 0.0419. The number of nitrogens with two attached hydrogens (primary N) is 1. The van der Waals surface area contributed by atoms with E-state index in [0.29, 0.717) is 16.8 Å². The summed E-state index contributed by atoms with van der Waals surface area (Å²) in [5, 5.41) is 11.3. The minimum Gasteiger partial charge on any atom is -0.481 e. The van der Waals surface area contributed by atoms with Gasteiger partial charge in [0.05, 0.1) is 0 Å². The van der Waals surface area contributed by atoms with Crippen LogP contribution in [0.2, 0.25) is 0 Å². The molecule has 6 heteroatoms. The van der Waals surface area contributed by atoms with Gasteiger partial charge in [-0.3, -0.25) is 14.4 Å². The molecule has 0 aromatic heterocycles. The highest BCUT2D eigenvalue weighted by Gasteiger charge is 2.15. The minimum absolute atomic E-state index is 0.0618. The molecule has 1 rings (SSSR count). The van der Waals surface area contributed by atoms with Crippen LogP contribution in [0, 0.1) is 12.8 Å². The van der Waals surface area contributed by atoms with E-state index in [2.05, 4.69) is 5.32 Å². The average Bonchev–Trinajstić information content (AvgIpc) is 2.29. The summed E-state index contributed by atoms with van der Waals surface area (Å²) in [4.78, 5) is 33.6. The Bertz CT molecular complexity index is 540. The third kappa shape index (κ3) is 4.38. The summed E-state index contributed by atoms with van der Waals surface area (Å²) < 4.78 is 0. The topological polar surface area (TPSA) is 109 Å². The molecule has 0 aliphatic rings. The van der Waals surface area contributed by atoms with Crippen molar-refractivity contribution in [3.63, 3.8) is 0 Å². The zero-order valence-corrected chi connectivity index (χ0v) is 11.5. The molecule has 108 valence electrons. The molecule has 0 heterocycles. The fourth-order valence-corrected chi connectivity index (χ4v) is 1.93. The smallest absolute Gasteiger partial charge is 0.303 e. The number of amides is 2. The number of hydrogen-bond donors (Lipinski definition) is 3. The van der Waals surface area contributed by atoms with Gasteiger partial charge >= 0.3 is 5.97 Å². The van der Waals surface area contributed by atoms with E-state index >= 15 is 0 Å². The number of benzene rings is 1. The Kier molecular flexibility index (Phi) is 5.25. The lowest BCUT2D eigenvalue weighted by Gasteiger charge is -2.12. The number of carbonyl (C=O) groups is 3. The van der Waals surface area contributed by atoms with Gasteiger partial charge in [0.25, 0.3) is 0 Å². The summed E-state index contributed by atoms with van der Waals surface area (Å²) >= 11 is 0. The van der Waals surface area contributed by atoms with Crippen LogP contribution in [0.25, 0.3) is 0 Å². The molecular weight excluding hydrogens is 260 g/mol. The molecule has 0 saturated carbocycles. The van der Waals surface area contributed by atoms with Crippen molar-refractivity contribution in [2.75, 3.05) is 5.32 Å². The fourth-order valence-electron chi connectivity index (χ4n) is 1.93. The van der Waals surface area contributed by atoms with Crippen molar-refractivity contribution in [2.24, 2.45) is 11.7 Å². The van der Waals surface area contributed by atoms with Gasteiger partial charge in [-0.2, -0.15) is 0 Å². The molecule has 0 aliphatic carbocycles. The molecule has 0 spiro atoms. The molecule has 0 bridgehead atoms. The van der Waals surface area contributed by atoms with E-state index in [1.807, 2.05) is 0 Å². The summed E-state index contributed by atoms with van der Waals surface area (Å²) in [6, 6.07) is 4.88. The minimum atomic E-state index is -0.933. The van der Waals surface area contributed by atoms with Crippen molar-refractivity contribution in [3.8, 4) is 0 Å². The van der Waals surface area contributed by atoms with Crippen LogP contribution in [-0.4, -0.2) is 22.9 Å². The fraction of sp³-hybridized carbons (Fsp3) is 0.357. The van der Waals surface area contributed by atoms with Crippen LogP contribution in [0.1, 0.15) is 35.7 Å². The third-order valence-electron chi connectivity index (χ3n) is 2.93. The number of primary amides is 1. The Morgan fingerprint density at radius 2 is 1.95 bits per heavy atom. The molecule has 0 radical (unpaired) electrons. The Hall–Kier alpha value is -2.37. The standard InChI is InChI=1S/C14H18N2O4/c1-8(7-13(18)19)6-12(17)16-11-5-3-4-10(9(11)2)14(15)20/h3-5,8H,6-7H2,1-2H3,(H2,15,20)(H,16,17)(H,18,19). The number of carboxylic acid groups (broad SMARTS) is 1. The van der Waals surface area contributed by atoms with Crippen LogP contribution in [0.4, 0.5) is 5.69 Å². The lowest BCUT2D eigenvalue weighted by Crippen LogP contribution is -2.19. The predicted molar refractivity (Wildman–Crippen MR) is 74.4 cm³/mol. The van der Waals surface area contributed by atoms with Crippen LogP contribution >= 0.6 is 0 Å². The summed E-state index contributed by atoms with van der Waals surface area (Å²) in [5.74, 6) is -2.04. The number of hydrogen-bond acceptors (Lipinski definition) is 3. The van der Waals surface area contributed by atoms with Gasteiger partial charge in [0.15, 0.2) is 0 Å². The van der Waals surface area contributed by atoms with Crippen LogP contribution < -0.4 is 11.1 Å². The third-order valence-corrected chi connectivity index (χ3v) is 2.93. The molecular formula is C14H18N2O4. The van der Waals surface area contributed by atoms with Crippen molar-refractivity contribution in [1.82, 2.24) is 0 Å². The summed E-state index contributed by atoms with van der Waals surface area (Å²) in [7, 11) is 0. The Balaban J connectivity index is 2.74. The van der Waals surface area contributed by atoms with Gasteiger partial charge in [-0.05, 0) is 30.5 Å². The number of carbonyl (C=O) groups excluding carboxylic acids is 2. The van der Waals surface area contributed by atoms with Crippen LogP contribution in [-0.2, 0) is 9.59 Å². The Morgan fingerprint density at radius 1 is 1.30 bits per heavy atom. The van der Waals surface area contributed by atoms with Crippen LogP contribution in [0.15, 0.2) is 18.2 Å². The second-order valence-electron chi connectivity index (χ2n) is 4.80. The second-order valence-corrected chi connectivity index (χ2v) is 4.80. The van der Waals surface area contributed by atoms with E-state index in [0.717, 1.165) is 0 Å². The van der Waals surface area contributed by atoms with E-state index in [1.54, 1.807) is 32.0 Å². The van der Waals surface area contributed by atoms with Gasteiger partial charge in [0.2, 0.25) is 11.8 Å². The maximum absolute atomic E-state index is 11.8. The molecule has 1 unspecified atom stereocenters. The normalized spacial score (nSPS) is 11.7. The van der Waals surface area contributed by atoms with Gasteiger partial charge in [0, 0.05) is 24.1 Å². The predicted octanol–water partition coefficient (Wildman–Crippen LogP) is 1.53. The van der Waals surface area contributed by atoms with Gasteiger partial charge < -0.3 is 16.2 Å². The van der Waals surface area contributed by atoms with Crippen LogP contribution in [0.5, 0.6) is 0 Å². The molecule has 4 N–H and O–H groups in total. The summed E-state index contributed by atoms with van der Waals surface area (Å²) in [6.45, 7) is 3.39. The van der Waals surface area contributed by atoms with Crippen molar-refractivity contribution in [1.29, 1.82) is 0 Å². The first-order valence-corrected chi connectivity index (χ1v) is 6.22. The number of nitrogens with one attached hydrogen (secondary N) is 1. The SMILES string of the molecule is Cc1c(NC(=O)CC(C)CC(=O)O)cccc1C(N)=O. The molecule has 1 aromatic rings. The largest absolute Gasteiger partial charge is 0.481 e. The van der Waals surface area contributed by atoms with Crippen molar-refractivity contribution < 1.29 is 19.5 Å². The molecule has 1 aromatic carbocycles. The van der Waals surface area contributed by atoms with Gasteiger partial charge in [0.1, 0.15) is 0 Å². The van der Waals surface area contributed by atoms with Crippen molar-refractivity contribution in [3.05, 3.63) is 29.3 Å². The lowest BCUT2D eigenvalue weighted by atomic mass is 10.0. The van der Waals surface area contributed by atoms with Crippen LogP contribution in [0.3, 0.4) is 0 Å². The molecule has 6 nitrogen and oxygen atoms in total. The van der Waals surface area contributed by atoms with E-state index in [4.69, 9.17) is 10.8 Å². The monoisotopic (exact) mass is 278 g/mol. The lowest BCUT2D eigenvalue weighted by molar-refractivity contribution is -0.138. The first-order chi connectivity index (χ1) is 9.31. The zero-order valence-electron chi connectivity index (χ0n) is 11.5. The highest BCUT2D eigenvalue weighted by atomic mass is 16.4. The number of anilines is 1. The zero-order chi connectivity index (χ0) is 15.3. The molecule has 0 saturated heterocycles. The summed E-state index contributed by atoms with van der Waals surface area (Å²) in [5.41, 5.74) is 6.69.